The molecule has 0 saturated heterocycles. The smallest absolute Gasteiger partial charge is 0.244 e. The number of carbonyl (C=O) groups is 1. The topological polar surface area (TPSA) is 55.1 Å². The zero-order valence-corrected chi connectivity index (χ0v) is 12.8. The van der Waals surface area contributed by atoms with E-state index >= 15 is 0 Å². The zero-order chi connectivity index (χ0) is 15.1. The molecule has 0 radical (unpaired) electrons. The summed E-state index contributed by atoms with van der Waals surface area (Å²) < 4.78 is 0. The molecule has 21 heavy (non-hydrogen) atoms. The fourth-order valence-corrected chi connectivity index (χ4v) is 3.04. The SMILES string of the molecule is C[C@@H](NC(=O)/C=C/c1cccc(N)c1)C1CCCCCC1. The minimum atomic E-state index is -0.0193. The normalized spacial score (nSPS) is 18.3. The van der Waals surface area contributed by atoms with Crippen LogP contribution in [0.4, 0.5) is 5.69 Å². The molecule has 0 aliphatic heterocycles. The quantitative estimate of drug-likeness (QED) is 0.503. The molecule has 2 rings (SSSR count). The van der Waals surface area contributed by atoms with Crippen molar-refractivity contribution in [2.45, 2.75) is 51.5 Å². The Bertz CT molecular complexity index is 488. The Hall–Kier alpha value is -1.77. The van der Waals surface area contributed by atoms with E-state index < -0.39 is 0 Å². The summed E-state index contributed by atoms with van der Waals surface area (Å²) in [5.41, 5.74) is 7.39. The highest BCUT2D eigenvalue weighted by Gasteiger charge is 2.19. The van der Waals surface area contributed by atoms with Gasteiger partial charge in [-0.25, -0.2) is 0 Å². The van der Waals surface area contributed by atoms with Crippen molar-refractivity contribution in [1.82, 2.24) is 5.32 Å². The van der Waals surface area contributed by atoms with E-state index in [1.54, 1.807) is 6.08 Å². The van der Waals surface area contributed by atoms with Crippen molar-refractivity contribution >= 4 is 17.7 Å². The maximum Gasteiger partial charge on any atom is 0.244 e. The third-order valence-corrected chi connectivity index (χ3v) is 4.31. The summed E-state index contributed by atoms with van der Waals surface area (Å²) in [7, 11) is 0. The average molecular weight is 286 g/mol. The molecule has 1 saturated carbocycles. The summed E-state index contributed by atoms with van der Waals surface area (Å²) in [5.74, 6) is 0.603. The van der Waals surface area contributed by atoms with E-state index in [4.69, 9.17) is 5.73 Å². The van der Waals surface area contributed by atoms with Gasteiger partial charge in [0, 0.05) is 17.8 Å². The molecule has 1 amide bonds. The van der Waals surface area contributed by atoms with Gasteiger partial charge < -0.3 is 11.1 Å². The summed E-state index contributed by atoms with van der Waals surface area (Å²) in [6.07, 6.45) is 11.2. The van der Waals surface area contributed by atoms with E-state index in [0.717, 1.165) is 5.56 Å². The number of carbonyl (C=O) groups excluding carboxylic acids is 1. The molecule has 0 aromatic heterocycles. The van der Waals surface area contributed by atoms with Gasteiger partial charge in [-0.1, -0.05) is 37.8 Å². The largest absolute Gasteiger partial charge is 0.399 e. The molecule has 0 heterocycles. The fourth-order valence-electron chi connectivity index (χ4n) is 3.04. The number of nitrogen functional groups attached to an aromatic ring is 1. The Morgan fingerprint density at radius 3 is 2.67 bits per heavy atom. The van der Waals surface area contributed by atoms with Crippen molar-refractivity contribution in [3.63, 3.8) is 0 Å². The highest BCUT2D eigenvalue weighted by atomic mass is 16.1. The van der Waals surface area contributed by atoms with E-state index in [1.165, 1.54) is 38.5 Å². The number of amides is 1. The standard InChI is InChI=1S/C18H26N2O/c1-14(16-8-4-2-3-5-9-16)20-18(21)12-11-15-7-6-10-17(19)13-15/h6-7,10-14,16H,2-5,8-9,19H2,1H3,(H,20,21)/b12-11+/t14-/m1/s1. The van der Waals surface area contributed by atoms with Gasteiger partial charge in [0.25, 0.3) is 0 Å². The van der Waals surface area contributed by atoms with Crippen molar-refractivity contribution in [3.8, 4) is 0 Å². The van der Waals surface area contributed by atoms with Crippen LogP contribution in [0.1, 0.15) is 51.0 Å². The lowest BCUT2D eigenvalue weighted by Gasteiger charge is -2.22. The van der Waals surface area contributed by atoms with Crippen LogP contribution in [0, 0.1) is 5.92 Å². The molecule has 1 aromatic carbocycles. The van der Waals surface area contributed by atoms with Crippen molar-refractivity contribution in [2.24, 2.45) is 5.92 Å². The second kappa shape index (κ2) is 7.87. The minimum absolute atomic E-state index is 0.0193. The van der Waals surface area contributed by atoms with Gasteiger partial charge >= 0.3 is 0 Å². The zero-order valence-electron chi connectivity index (χ0n) is 12.8. The second-order valence-corrected chi connectivity index (χ2v) is 6.05. The van der Waals surface area contributed by atoms with Crippen molar-refractivity contribution in [3.05, 3.63) is 35.9 Å². The first-order chi connectivity index (χ1) is 10.1. The summed E-state index contributed by atoms with van der Waals surface area (Å²) in [6.45, 7) is 2.13. The van der Waals surface area contributed by atoms with Crippen LogP contribution in [0.15, 0.2) is 30.3 Å². The van der Waals surface area contributed by atoms with Crippen molar-refractivity contribution in [2.75, 3.05) is 5.73 Å². The van der Waals surface area contributed by atoms with Crippen LogP contribution in [-0.4, -0.2) is 11.9 Å². The molecule has 0 spiro atoms. The number of hydrogen-bond acceptors (Lipinski definition) is 2. The van der Waals surface area contributed by atoms with Crippen LogP contribution in [0.2, 0.25) is 0 Å². The van der Waals surface area contributed by atoms with Gasteiger partial charge in [0.05, 0.1) is 0 Å². The first kappa shape index (κ1) is 15.6. The predicted octanol–water partition coefficient (Wildman–Crippen LogP) is 3.76. The van der Waals surface area contributed by atoms with Gasteiger partial charge in [-0.15, -0.1) is 0 Å². The first-order valence-electron chi connectivity index (χ1n) is 7.99. The van der Waals surface area contributed by atoms with Crippen molar-refractivity contribution < 1.29 is 4.79 Å². The molecule has 1 aliphatic rings. The molecule has 1 aromatic rings. The molecule has 0 bridgehead atoms. The number of benzene rings is 1. The van der Waals surface area contributed by atoms with Gasteiger partial charge in [-0.2, -0.15) is 0 Å². The lowest BCUT2D eigenvalue weighted by Crippen LogP contribution is -2.37. The Morgan fingerprint density at radius 1 is 1.29 bits per heavy atom. The van der Waals surface area contributed by atoms with E-state index in [0.29, 0.717) is 11.6 Å². The highest BCUT2D eigenvalue weighted by Crippen LogP contribution is 2.25. The van der Waals surface area contributed by atoms with E-state index in [2.05, 4.69) is 12.2 Å². The number of rotatable bonds is 4. The monoisotopic (exact) mass is 286 g/mol. The second-order valence-electron chi connectivity index (χ2n) is 6.05. The van der Waals surface area contributed by atoms with Crippen LogP contribution < -0.4 is 11.1 Å². The lowest BCUT2D eigenvalue weighted by atomic mass is 9.93. The summed E-state index contributed by atoms with van der Waals surface area (Å²) in [4.78, 5) is 12.0. The molecule has 1 atom stereocenters. The van der Waals surface area contributed by atoms with Crippen LogP contribution in [0.25, 0.3) is 6.08 Å². The third-order valence-electron chi connectivity index (χ3n) is 4.31. The van der Waals surface area contributed by atoms with Gasteiger partial charge in [-0.05, 0) is 49.5 Å². The average Bonchev–Trinajstić information content (AvgIpc) is 2.74. The number of nitrogens with one attached hydrogen (secondary N) is 1. The maximum atomic E-state index is 12.0. The van der Waals surface area contributed by atoms with Gasteiger partial charge in [-0.3, -0.25) is 4.79 Å². The maximum absolute atomic E-state index is 12.0. The highest BCUT2D eigenvalue weighted by molar-refractivity contribution is 5.92. The summed E-state index contributed by atoms with van der Waals surface area (Å²) in [6, 6.07) is 7.78. The molecular formula is C18H26N2O. The molecule has 3 nitrogen and oxygen atoms in total. The summed E-state index contributed by atoms with van der Waals surface area (Å²) >= 11 is 0. The van der Waals surface area contributed by atoms with E-state index in [9.17, 15) is 4.79 Å². The summed E-state index contributed by atoms with van der Waals surface area (Å²) in [5, 5.41) is 3.11. The fraction of sp³-hybridized carbons (Fsp3) is 0.500. The lowest BCUT2D eigenvalue weighted by molar-refractivity contribution is -0.117. The van der Waals surface area contributed by atoms with Crippen LogP contribution in [0.3, 0.4) is 0 Å². The first-order valence-corrected chi connectivity index (χ1v) is 7.99. The molecule has 3 heteroatoms. The van der Waals surface area contributed by atoms with Crippen molar-refractivity contribution in [1.29, 1.82) is 0 Å². The molecular weight excluding hydrogens is 260 g/mol. The van der Waals surface area contributed by atoms with Crippen LogP contribution in [0.5, 0.6) is 0 Å². The minimum Gasteiger partial charge on any atom is -0.399 e. The Morgan fingerprint density at radius 2 is 2.00 bits per heavy atom. The molecule has 1 aliphatic carbocycles. The molecule has 114 valence electrons. The predicted molar refractivity (Wildman–Crippen MR) is 88.7 cm³/mol. The Labute approximate surface area is 127 Å². The number of anilines is 1. The van der Waals surface area contributed by atoms with Crippen LogP contribution >= 0.6 is 0 Å². The van der Waals surface area contributed by atoms with Gasteiger partial charge in [0.15, 0.2) is 0 Å². The number of hydrogen-bond donors (Lipinski definition) is 2. The van der Waals surface area contributed by atoms with E-state index in [-0.39, 0.29) is 11.9 Å². The van der Waals surface area contributed by atoms with E-state index in [1.807, 2.05) is 30.3 Å². The molecule has 1 fully saturated rings. The van der Waals surface area contributed by atoms with Crippen LogP contribution in [-0.2, 0) is 4.79 Å². The Kier molecular flexibility index (Phi) is 5.85. The molecule has 0 unspecified atom stereocenters. The Balaban J connectivity index is 1.85. The van der Waals surface area contributed by atoms with Gasteiger partial charge in [0.1, 0.15) is 0 Å². The molecule has 3 N–H and O–H groups in total. The third kappa shape index (κ3) is 5.25. The van der Waals surface area contributed by atoms with Gasteiger partial charge in [0.2, 0.25) is 5.91 Å². The number of nitrogens with two attached hydrogens (primary N) is 1.